The van der Waals surface area contributed by atoms with Crippen molar-refractivity contribution in [2.24, 2.45) is 11.1 Å². The van der Waals surface area contributed by atoms with Crippen LogP contribution in [-0.4, -0.2) is 28.6 Å². The Bertz CT molecular complexity index is 395. The van der Waals surface area contributed by atoms with Crippen LogP contribution in [-0.2, 0) is 11.2 Å². The van der Waals surface area contributed by atoms with E-state index in [1.165, 1.54) is 0 Å². The Morgan fingerprint density at radius 2 is 2.17 bits per heavy atom. The number of nitrogens with zero attached hydrogens (tertiary/aromatic N) is 2. The highest BCUT2D eigenvalue weighted by atomic mass is 16.5. The van der Waals surface area contributed by atoms with E-state index < -0.39 is 0 Å². The second-order valence-corrected chi connectivity index (χ2v) is 5.51. The molecule has 1 aromatic rings. The van der Waals surface area contributed by atoms with E-state index in [-0.39, 0.29) is 17.4 Å². The van der Waals surface area contributed by atoms with Crippen LogP contribution in [0.15, 0.2) is 4.52 Å². The molecule has 6 nitrogen and oxygen atoms in total. The molecule has 1 aromatic heterocycles. The topological polar surface area (TPSA) is 94.0 Å². The number of rotatable bonds is 5. The fourth-order valence-corrected chi connectivity index (χ4v) is 1.33. The first-order valence-corrected chi connectivity index (χ1v) is 6.10. The molecule has 102 valence electrons. The maximum Gasteiger partial charge on any atom is 0.223 e. The average Bonchev–Trinajstić information content (AvgIpc) is 2.62. The SMILES string of the molecule is Cc1nc(CCNC(=O)CC(N)C(C)(C)C)no1. The van der Waals surface area contributed by atoms with Gasteiger partial charge in [0.15, 0.2) is 5.82 Å². The van der Waals surface area contributed by atoms with Gasteiger partial charge in [-0.15, -0.1) is 0 Å². The number of nitrogens with one attached hydrogen (secondary N) is 1. The zero-order chi connectivity index (χ0) is 13.8. The van der Waals surface area contributed by atoms with Gasteiger partial charge in [-0.3, -0.25) is 4.79 Å². The zero-order valence-corrected chi connectivity index (χ0v) is 11.5. The van der Waals surface area contributed by atoms with Crippen molar-refractivity contribution >= 4 is 5.91 Å². The van der Waals surface area contributed by atoms with Gasteiger partial charge < -0.3 is 15.6 Å². The van der Waals surface area contributed by atoms with Crippen molar-refractivity contribution in [1.29, 1.82) is 0 Å². The summed E-state index contributed by atoms with van der Waals surface area (Å²) in [5.41, 5.74) is 5.87. The number of carbonyl (C=O) groups excluding carboxylic acids is 1. The summed E-state index contributed by atoms with van der Waals surface area (Å²) in [6, 6.07) is -0.148. The van der Waals surface area contributed by atoms with Crippen molar-refractivity contribution in [2.75, 3.05) is 6.54 Å². The molecule has 0 aliphatic heterocycles. The third kappa shape index (κ3) is 4.83. The second-order valence-electron chi connectivity index (χ2n) is 5.51. The highest BCUT2D eigenvalue weighted by Gasteiger charge is 2.22. The molecule has 0 bridgehead atoms. The molecule has 0 saturated carbocycles. The molecular formula is C12H22N4O2. The molecule has 0 spiro atoms. The van der Waals surface area contributed by atoms with Gasteiger partial charge in [-0.2, -0.15) is 4.98 Å². The normalized spacial score (nSPS) is 13.4. The minimum atomic E-state index is -0.148. The van der Waals surface area contributed by atoms with E-state index in [0.29, 0.717) is 31.1 Å². The van der Waals surface area contributed by atoms with Gasteiger partial charge >= 0.3 is 0 Å². The molecule has 18 heavy (non-hydrogen) atoms. The van der Waals surface area contributed by atoms with Crippen molar-refractivity contribution in [2.45, 2.75) is 46.6 Å². The van der Waals surface area contributed by atoms with Crippen molar-refractivity contribution in [1.82, 2.24) is 15.5 Å². The third-order valence-electron chi connectivity index (χ3n) is 2.76. The molecule has 0 fully saturated rings. The monoisotopic (exact) mass is 254 g/mol. The van der Waals surface area contributed by atoms with Crippen LogP contribution in [0.3, 0.4) is 0 Å². The van der Waals surface area contributed by atoms with Crippen LogP contribution in [0.25, 0.3) is 0 Å². The lowest BCUT2D eigenvalue weighted by molar-refractivity contribution is -0.121. The highest BCUT2D eigenvalue weighted by molar-refractivity contribution is 5.76. The molecular weight excluding hydrogens is 232 g/mol. The number of carbonyl (C=O) groups is 1. The van der Waals surface area contributed by atoms with Crippen molar-refractivity contribution < 1.29 is 9.32 Å². The van der Waals surface area contributed by atoms with Crippen LogP contribution < -0.4 is 11.1 Å². The fraction of sp³-hybridized carbons (Fsp3) is 0.750. The van der Waals surface area contributed by atoms with Crippen LogP contribution >= 0.6 is 0 Å². The minimum Gasteiger partial charge on any atom is -0.356 e. The van der Waals surface area contributed by atoms with Crippen molar-refractivity contribution in [3.8, 4) is 0 Å². The van der Waals surface area contributed by atoms with Gasteiger partial charge in [0.05, 0.1) is 0 Å². The van der Waals surface area contributed by atoms with Crippen molar-refractivity contribution in [3.05, 3.63) is 11.7 Å². The molecule has 0 saturated heterocycles. The van der Waals surface area contributed by atoms with Crippen LogP contribution in [0.4, 0.5) is 0 Å². The predicted molar refractivity (Wildman–Crippen MR) is 67.8 cm³/mol. The fourth-order valence-electron chi connectivity index (χ4n) is 1.33. The minimum absolute atomic E-state index is 0.0439. The number of amides is 1. The number of nitrogens with two attached hydrogens (primary N) is 1. The summed E-state index contributed by atoms with van der Waals surface area (Å²) in [5, 5.41) is 6.55. The number of hydrogen-bond donors (Lipinski definition) is 2. The van der Waals surface area contributed by atoms with Gasteiger partial charge in [0.2, 0.25) is 11.8 Å². The first-order chi connectivity index (χ1) is 8.29. The van der Waals surface area contributed by atoms with E-state index in [2.05, 4.69) is 15.5 Å². The Balaban J connectivity index is 2.25. The summed E-state index contributed by atoms with van der Waals surface area (Å²) >= 11 is 0. The maximum atomic E-state index is 11.6. The van der Waals surface area contributed by atoms with Gasteiger partial charge in [0.1, 0.15) is 0 Å². The summed E-state index contributed by atoms with van der Waals surface area (Å²) in [7, 11) is 0. The van der Waals surface area contributed by atoms with Crippen LogP contribution in [0.2, 0.25) is 0 Å². The maximum absolute atomic E-state index is 11.6. The van der Waals surface area contributed by atoms with Crippen LogP contribution in [0.5, 0.6) is 0 Å². The molecule has 0 aromatic carbocycles. The van der Waals surface area contributed by atoms with Crippen molar-refractivity contribution in [3.63, 3.8) is 0 Å². The van der Waals surface area contributed by atoms with E-state index in [1.54, 1.807) is 6.92 Å². The van der Waals surface area contributed by atoms with Gasteiger partial charge in [-0.25, -0.2) is 0 Å². The van der Waals surface area contributed by atoms with E-state index in [1.807, 2.05) is 20.8 Å². The number of hydrogen-bond acceptors (Lipinski definition) is 5. The van der Waals surface area contributed by atoms with Gasteiger partial charge in [0.25, 0.3) is 0 Å². The molecule has 1 atom stereocenters. The second kappa shape index (κ2) is 5.95. The largest absolute Gasteiger partial charge is 0.356 e. The zero-order valence-electron chi connectivity index (χ0n) is 11.5. The molecule has 3 N–H and O–H groups in total. The molecule has 1 heterocycles. The quantitative estimate of drug-likeness (QED) is 0.810. The van der Waals surface area contributed by atoms with Gasteiger partial charge in [-0.05, 0) is 5.41 Å². The van der Waals surface area contributed by atoms with E-state index in [4.69, 9.17) is 10.3 Å². The van der Waals surface area contributed by atoms with Crippen LogP contribution in [0.1, 0.15) is 38.9 Å². The molecule has 0 radical (unpaired) electrons. The predicted octanol–water partition coefficient (Wildman–Crippen LogP) is 0.800. The Morgan fingerprint density at radius 1 is 1.50 bits per heavy atom. The molecule has 6 heteroatoms. The van der Waals surface area contributed by atoms with Gasteiger partial charge in [-0.1, -0.05) is 25.9 Å². The first kappa shape index (κ1) is 14.6. The Hall–Kier alpha value is -1.43. The average molecular weight is 254 g/mol. The Labute approximate surface area is 107 Å². The van der Waals surface area contributed by atoms with Crippen LogP contribution in [0, 0.1) is 12.3 Å². The summed E-state index contributed by atoms with van der Waals surface area (Å²) in [6.07, 6.45) is 0.891. The molecule has 0 aliphatic rings. The number of aryl methyl sites for hydroxylation is 1. The Kier molecular flexibility index (Phi) is 4.84. The molecule has 1 amide bonds. The molecule has 1 unspecified atom stereocenters. The lowest BCUT2D eigenvalue weighted by Gasteiger charge is -2.26. The molecule has 1 rings (SSSR count). The highest BCUT2D eigenvalue weighted by Crippen LogP contribution is 2.19. The Morgan fingerprint density at radius 3 is 2.67 bits per heavy atom. The lowest BCUT2D eigenvalue weighted by Crippen LogP contribution is -2.40. The smallest absolute Gasteiger partial charge is 0.223 e. The van der Waals surface area contributed by atoms with E-state index in [0.717, 1.165) is 0 Å². The van der Waals surface area contributed by atoms with Gasteiger partial charge in [0, 0.05) is 32.4 Å². The van der Waals surface area contributed by atoms with E-state index in [9.17, 15) is 4.79 Å². The lowest BCUT2D eigenvalue weighted by atomic mass is 9.85. The summed E-state index contributed by atoms with van der Waals surface area (Å²) in [5.74, 6) is 1.09. The number of aromatic nitrogens is 2. The van der Waals surface area contributed by atoms with E-state index >= 15 is 0 Å². The third-order valence-corrected chi connectivity index (χ3v) is 2.76. The first-order valence-electron chi connectivity index (χ1n) is 6.10. The summed E-state index contributed by atoms with van der Waals surface area (Å²) in [6.45, 7) is 8.29. The summed E-state index contributed by atoms with van der Waals surface area (Å²) < 4.78 is 4.84. The molecule has 0 aliphatic carbocycles. The standard InChI is InChI=1S/C12H22N4O2/c1-8-15-10(16-18-8)5-6-14-11(17)7-9(13)12(2,3)4/h9H,5-7,13H2,1-4H3,(H,14,17). The summed E-state index contributed by atoms with van der Waals surface area (Å²) in [4.78, 5) is 15.7.